The SMILES string of the molecule is CO/N=C(\C)C(C)(C)Cc1cccc2c1oc1ccccc12. The molecule has 0 bridgehead atoms. The van der Waals surface area contributed by atoms with E-state index in [0.29, 0.717) is 0 Å². The van der Waals surface area contributed by atoms with Gasteiger partial charge in [0.15, 0.2) is 0 Å². The Morgan fingerprint density at radius 1 is 1.09 bits per heavy atom. The van der Waals surface area contributed by atoms with Crippen LogP contribution in [0.3, 0.4) is 0 Å². The molecule has 0 saturated carbocycles. The van der Waals surface area contributed by atoms with Crippen LogP contribution in [-0.2, 0) is 11.3 Å². The highest BCUT2D eigenvalue weighted by molar-refractivity contribution is 6.05. The maximum Gasteiger partial charge on any atom is 0.138 e. The van der Waals surface area contributed by atoms with E-state index in [2.05, 4.69) is 43.3 Å². The molecular weight excluding hydrogens is 274 g/mol. The molecule has 0 radical (unpaired) electrons. The van der Waals surface area contributed by atoms with Crippen LogP contribution in [0.4, 0.5) is 0 Å². The van der Waals surface area contributed by atoms with Gasteiger partial charge < -0.3 is 9.25 Å². The van der Waals surface area contributed by atoms with Crippen LogP contribution < -0.4 is 0 Å². The molecule has 0 aliphatic carbocycles. The molecular formula is C19H21NO2. The third-order valence-electron chi connectivity index (χ3n) is 4.33. The van der Waals surface area contributed by atoms with E-state index in [9.17, 15) is 0 Å². The van der Waals surface area contributed by atoms with E-state index in [0.717, 1.165) is 23.3 Å². The highest BCUT2D eigenvalue weighted by Gasteiger charge is 2.25. The van der Waals surface area contributed by atoms with Crippen LogP contribution in [0.1, 0.15) is 26.3 Å². The van der Waals surface area contributed by atoms with Crippen LogP contribution in [0.15, 0.2) is 52.0 Å². The van der Waals surface area contributed by atoms with Crippen molar-refractivity contribution in [1.29, 1.82) is 0 Å². The normalized spacial score (nSPS) is 13.0. The minimum absolute atomic E-state index is 0.0940. The minimum Gasteiger partial charge on any atom is -0.456 e. The van der Waals surface area contributed by atoms with Crippen LogP contribution in [0.2, 0.25) is 0 Å². The fraction of sp³-hybridized carbons (Fsp3) is 0.316. The molecule has 3 heteroatoms. The fourth-order valence-electron chi connectivity index (χ4n) is 2.81. The number of fused-ring (bicyclic) bond motifs is 3. The summed E-state index contributed by atoms with van der Waals surface area (Å²) in [5.41, 5.74) is 3.99. The Balaban J connectivity index is 2.10. The summed E-state index contributed by atoms with van der Waals surface area (Å²) in [4.78, 5) is 4.93. The summed E-state index contributed by atoms with van der Waals surface area (Å²) < 4.78 is 6.10. The summed E-state index contributed by atoms with van der Waals surface area (Å²) >= 11 is 0. The highest BCUT2D eigenvalue weighted by Crippen LogP contribution is 2.34. The molecule has 3 rings (SSSR count). The minimum atomic E-state index is -0.0940. The van der Waals surface area contributed by atoms with Gasteiger partial charge in [-0.25, -0.2) is 0 Å². The average Bonchev–Trinajstić information content (AvgIpc) is 2.87. The molecule has 0 amide bonds. The lowest BCUT2D eigenvalue weighted by atomic mass is 9.81. The predicted molar refractivity (Wildman–Crippen MR) is 91.3 cm³/mol. The molecule has 0 N–H and O–H groups in total. The van der Waals surface area contributed by atoms with Gasteiger partial charge in [0.1, 0.15) is 18.3 Å². The van der Waals surface area contributed by atoms with Crippen molar-refractivity contribution in [3.05, 3.63) is 48.0 Å². The molecule has 0 atom stereocenters. The average molecular weight is 295 g/mol. The molecule has 0 unspecified atom stereocenters. The topological polar surface area (TPSA) is 34.7 Å². The summed E-state index contributed by atoms with van der Waals surface area (Å²) in [6, 6.07) is 14.5. The van der Waals surface area contributed by atoms with E-state index in [1.54, 1.807) is 7.11 Å². The summed E-state index contributed by atoms with van der Waals surface area (Å²) in [5.74, 6) is 0. The molecule has 1 aromatic heterocycles. The zero-order valence-corrected chi connectivity index (χ0v) is 13.5. The number of rotatable bonds is 4. The van der Waals surface area contributed by atoms with Crippen molar-refractivity contribution in [2.75, 3.05) is 7.11 Å². The lowest BCUT2D eigenvalue weighted by molar-refractivity contribution is 0.208. The van der Waals surface area contributed by atoms with Gasteiger partial charge in [0, 0.05) is 16.2 Å². The molecule has 0 fully saturated rings. The van der Waals surface area contributed by atoms with Crippen molar-refractivity contribution in [1.82, 2.24) is 0 Å². The molecule has 0 aliphatic rings. The van der Waals surface area contributed by atoms with Gasteiger partial charge in [-0.1, -0.05) is 55.4 Å². The van der Waals surface area contributed by atoms with Crippen molar-refractivity contribution in [2.45, 2.75) is 27.2 Å². The number of nitrogens with zero attached hydrogens (tertiary/aromatic N) is 1. The second-order valence-electron chi connectivity index (χ2n) is 6.31. The Hall–Kier alpha value is -2.29. The lowest BCUT2D eigenvalue weighted by Crippen LogP contribution is -2.24. The largest absolute Gasteiger partial charge is 0.456 e. The van der Waals surface area contributed by atoms with Gasteiger partial charge in [-0.3, -0.25) is 0 Å². The van der Waals surface area contributed by atoms with E-state index in [-0.39, 0.29) is 5.41 Å². The maximum atomic E-state index is 6.10. The Labute approximate surface area is 130 Å². The van der Waals surface area contributed by atoms with Gasteiger partial charge in [-0.05, 0) is 25.0 Å². The smallest absolute Gasteiger partial charge is 0.138 e. The van der Waals surface area contributed by atoms with Gasteiger partial charge >= 0.3 is 0 Å². The number of oxime groups is 1. The Morgan fingerprint density at radius 2 is 1.82 bits per heavy atom. The Morgan fingerprint density at radius 3 is 2.59 bits per heavy atom. The first-order chi connectivity index (χ1) is 10.5. The molecule has 1 heterocycles. The van der Waals surface area contributed by atoms with Gasteiger partial charge in [0.25, 0.3) is 0 Å². The predicted octanol–water partition coefficient (Wildman–Crippen LogP) is 5.18. The first-order valence-corrected chi connectivity index (χ1v) is 7.50. The summed E-state index contributed by atoms with van der Waals surface area (Å²) in [7, 11) is 1.58. The zero-order valence-electron chi connectivity index (χ0n) is 13.5. The summed E-state index contributed by atoms with van der Waals surface area (Å²) in [5, 5.41) is 6.44. The fourth-order valence-corrected chi connectivity index (χ4v) is 2.81. The number of hydrogen-bond donors (Lipinski definition) is 0. The van der Waals surface area contributed by atoms with Crippen LogP contribution in [0.5, 0.6) is 0 Å². The van der Waals surface area contributed by atoms with Gasteiger partial charge in [-0.2, -0.15) is 0 Å². The van der Waals surface area contributed by atoms with Crippen LogP contribution in [-0.4, -0.2) is 12.8 Å². The molecule has 3 aromatic rings. The number of furan rings is 1. The summed E-state index contributed by atoms with van der Waals surface area (Å²) in [6.45, 7) is 6.35. The van der Waals surface area contributed by atoms with E-state index in [1.165, 1.54) is 16.3 Å². The maximum absolute atomic E-state index is 6.10. The molecule has 2 aromatic carbocycles. The summed E-state index contributed by atoms with van der Waals surface area (Å²) in [6.07, 6.45) is 0.850. The van der Waals surface area contributed by atoms with Gasteiger partial charge in [0.2, 0.25) is 0 Å². The second-order valence-corrected chi connectivity index (χ2v) is 6.31. The first-order valence-electron chi connectivity index (χ1n) is 7.50. The van der Waals surface area contributed by atoms with E-state index < -0.39 is 0 Å². The molecule has 0 spiro atoms. The molecule has 0 aliphatic heterocycles. The quantitative estimate of drug-likeness (QED) is 0.491. The first kappa shape index (κ1) is 14.6. The molecule has 114 valence electrons. The van der Waals surface area contributed by atoms with Crippen molar-refractivity contribution in [2.24, 2.45) is 10.6 Å². The molecule has 22 heavy (non-hydrogen) atoms. The molecule has 3 nitrogen and oxygen atoms in total. The third-order valence-corrected chi connectivity index (χ3v) is 4.33. The van der Waals surface area contributed by atoms with Crippen molar-refractivity contribution < 1.29 is 9.25 Å². The van der Waals surface area contributed by atoms with Crippen molar-refractivity contribution in [3.8, 4) is 0 Å². The van der Waals surface area contributed by atoms with Crippen LogP contribution in [0, 0.1) is 5.41 Å². The monoisotopic (exact) mass is 295 g/mol. The van der Waals surface area contributed by atoms with E-state index >= 15 is 0 Å². The van der Waals surface area contributed by atoms with Gasteiger partial charge in [0.05, 0.1) is 5.71 Å². The van der Waals surface area contributed by atoms with Crippen LogP contribution in [0.25, 0.3) is 21.9 Å². The van der Waals surface area contributed by atoms with E-state index in [4.69, 9.17) is 9.25 Å². The highest BCUT2D eigenvalue weighted by atomic mass is 16.6. The Bertz CT molecular complexity index is 843. The number of hydrogen-bond acceptors (Lipinski definition) is 3. The Kier molecular flexibility index (Phi) is 3.65. The lowest BCUT2D eigenvalue weighted by Gasteiger charge is -2.24. The van der Waals surface area contributed by atoms with Crippen molar-refractivity contribution >= 4 is 27.7 Å². The number of benzene rings is 2. The third kappa shape index (κ3) is 2.47. The second kappa shape index (κ2) is 5.48. The van der Waals surface area contributed by atoms with Crippen molar-refractivity contribution in [3.63, 3.8) is 0 Å². The molecule has 0 saturated heterocycles. The zero-order chi connectivity index (χ0) is 15.7. The van der Waals surface area contributed by atoms with Crippen LogP contribution >= 0.6 is 0 Å². The standard InChI is InChI=1S/C19H21NO2/c1-13(20-21-4)19(2,3)12-14-8-7-10-16-15-9-5-6-11-17(15)22-18(14)16/h5-11H,12H2,1-4H3/b20-13+. The van der Waals surface area contributed by atoms with Gasteiger partial charge in [-0.15, -0.1) is 0 Å². The number of para-hydroxylation sites is 2. The van der Waals surface area contributed by atoms with E-state index in [1.807, 2.05) is 25.1 Å².